The molecular formula is C9H21N3O2. The van der Waals surface area contributed by atoms with Gasteiger partial charge >= 0.3 is 5.97 Å². The van der Waals surface area contributed by atoms with E-state index in [0.29, 0.717) is 13.2 Å². The second kappa shape index (κ2) is 10.4. The molecule has 4 N–H and O–H groups in total. The van der Waals surface area contributed by atoms with Crippen LogP contribution in [0.2, 0.25) is 0 Å². The average Bonchev–Trinajstić information content (AvgIpc) is 2.15. The number of rotatable bonds is 10. The van der Waals surface area contributed by atoms with E-state index in [1.807, 2.05) is 7.05 Å². The Labute approximate surface area is 85.3 Å². The van der Waals surface area contributed by atoms with Crippen molar-refractivity contribution >= 4 is 5.97 Å². The Morgan fingerprint density at radius 3 is 2.43 bits per heavy atom. The number of carbonyl (C=O) groups is 1. The van der Waals surface area contributed by atoms with Crippen LogP contribution in [0, 0.1) is 0 Å². The van der Waals surface area contributed by atoms with E-state index in [2.05, 4.69) is 16.0 Å². The molecule has 0 aromatic rings. The monoisotopic (exact) mass is 203 g/mol. The van der Waals surface area contributed by atoms with Crippen LogP contribution >= 0.6 is 0 Å². The average molecular weight is 203 g/mol. The van der Waals surface area contributed by atoms with E-state index < -0.39 is 5.97 Å². The van der Waals surface area contributed by atoms with Crippen molar-refractivity contribution in [2.75, 3.05) is 33.4 Å². The van der Waals surface area contributed by atoms with E-state index in [1.165, 1.54) is 6.42 Å². The van der Waals surface area contributed by atoms with E-state index in [0.717, 1.165) is 19.5 Å². The molecule has 0 saturated carbocycles. The van der Waals surface area contributed by atoms with E-state index in [4.69, 9.17) is 5.11 Å². The summed E-state index contributed by atoms with van der Waals surface area (Å²) in [6.45, 7) is 3.24. The number of hydrogen-bond acceptors (Lipinski definition) is 4. The zero-order valence-corrected chi connectivity index (χ0v) is 8.81. The molecule has 0 aliphatic carbocycles. The lowest BCUT2D eigenvalue weighted by atomic mass is 10.3. The summed E-state index contributed by atoms with van der Waals surface area (Å²) in [4.78, 5) is 10.1. The molecule has 0 amide bonds. The molecule has 0 aliphatic rings. The maximum atomic E-state index is 10.1. The smallest absolute Gasteiger partial charge is 0.304 e. The van der Waals surface area contributed by atoms with Gasteiger partial charge in [0.1, 0.15) is 0 Å². The molecular weight excluding hydrogens is 182 g/mol. The van der Waals surface area contributed by atoms with Gasteiger partial charge in [0, 0.05) is 13.2 Å². The summed E-state index contributed by atoms with van der Waals surface area (Å²) in [6.07, 6.45) is 2.49. The van der Waals surface area contributed by atoms with Crippen LogP contribution in [0.5, 0.6) is 0 Å². The molecule has 0 rings (SSSR count). The molecule has 0 bridgehead atoms. The van der Waals surface area contributed by atoms with Crippen LogP contribution in [0.4, 0.5) is 0 Å². The van der Waals surface area contributed by atoms with Gasteiger partial charge in [-0.05, 0) is 33.0 Å². The van der Waals surface area contributed by atoms with Gasteiger partial charge in [-0.15, -0.1) is 0 Å². The van der Waals surface area contributed by atoms with Crippen molar-refractivity contribution in [1.82, 2.24) is 16.0 Å². The van der Waals surface area contributed by atoms with E-state index in [9.17, 15) is 4.79 Å². The minimum atomic E-state index is -0.758. The Hall–Kier alpha value is -0.650. The lowest BCUT2D eigenvalue weighted by Gasteiger charge is -2.05. The molecule has 0 saturated heterocycles. The number of aliphatic carboxylic acids is 1. The van der Waals surface area contributed by atoms with Crippen LogP contribution in [-0.2, 0) is 4.79 Å². The minimum absolute atomic E-state index is 0.182. The standard InChI is InChI=1S/C9H21N3O2/c1-10-5-2-3-6-11-8-12-7-4-9(13)14/h10-12H,2-8H2,1H3,(H,13,14). The highest BCUT2D eigenvalue weighted by molar-refractivity contribution is 5.66. The Morgan fingerprint density at radius 1 is 1.14 bits per heavy atom. The fourth-order valence-electron chi connectivity index (χ4n) is 1.01. The van der Waals surface area contributed by atoms with Crippen molar-refractivity contribution in [2.45, 2.75) is 19.3 Å². The molecule has 0 aromatic heterocycles. The topological polar surface area (TPSA) is 73.4 Å². The van der Waals surface area contributed by atoms with Crippen molar-refractivity contribution in [1.29, 1.82) is 0 Å². The number of unbranched alkanes of at least 4 members (excludes halogenated alkanes) is 1. The molecule has 0 spiro atoms. The van der Waals surface area contributed by atoms with Gasteiger partial charge < -0.3 is 21.1 Å². The molecule has 0 atom stereocenters. The normalized spacial score (nSPS) is 10.4. The molecule has 0 unspecified atom stereocenters. The predicted molar refractivity (Wildman–Crippen MR) is 56.3 cm³/mol. The second-order valence-electron chi connectivity index (χ2n) is 3.13. The third kappa shape index (κ3) is 11.4. The summed E-state index contributed by atoms with van der Waals surface area (Å²) in [5.41, 5.74) is 0. The van der Waals surface area contributed by atoms with Crippen LogP contribution < -0.4 is 16.0 Å². The third-order valence-electron chi connectivity index (χ3n) is 1.80. The number of carboxylic acid groups (broad SMARTS) is 1. The first-order chi connectivity index (χ1) is 6.77. The number of carboxylic acids is 1. The molecule has 14 heavy (non-hydrogen) atoms. The van der Waals surface area contributed by atoms with Gasteiger partial charge in [-0.25, -0.2) is 0 Å². The van der Waals surface area contributed by atoms with Crippen LogP contribution in [-0.4, -0.2) is 44.4 Å². The van der Waals surface area contributed by atoms with Crippen LogP contribution in [0.3, 0.4) is 0 Å². The first-order valence-corrected chi connectivity index (χ1v) is 5.05. The van der Waals surface area contributed by atoms with Crippen LogP contribution in [0.15, 0.2) is 0 Å². The van der Waals surface area contributed by atoms with Crippen molar-refractivity contribution in [3.8, 4) is 0 Å². The predicted octanol–water partition coefficient (Wildman–Crippen LogP) is -0.403. The van der Waals surface area contributed by atoms with Gasteiger partial charge in [-0.3, -0.25) is 4.79 Å². The van der Waals surface area contributed by atoms with Gasteiger partial charge in [-0.2, -0.15) is 0 Å². The lowest BCUT2D eigenvalue weighted by molar-refractivity contribution is -0.136. The second-order valence-corrected chi connectivity index (χ2v) is 3.13. The van der Waals surface area contributed by atoms with Gasteiger partial charge in [0.15, 0.2) is 0 Å². The quantitative estimate of drug-likeness (QED) is 0.287. The Bertz CT molecular complexity index is 142. The number of hydrogen-bond donors (Lipinski definition) is 4. The fourth-order valence-corrected chi connectivity index (χ4v) is 1.01. The van der Waals surface area contributed by atoms with Crippen LogP contribution in [0.25, 0.3) is 0 Å². The summed E-state index contributed by atoms with van der Waals surface area (Å²) in [5.74, 6) is -0.758. The summed E-state index contributed by atoms with van der Waals surface area (Å²) in [5, 5.41) is 17.6. The zero-order chi connectivity index (χ0) is 10.6. The molecule has 0 radical (unpaired) electrons. The van der Waals surface area contributed by atoms with Crippen molar-refractivity contribution in [3.05, 3.63) is 0 Å². The SMILES string of the molecule is CNCCCCNCNCCC(=O)O. The van der Waals surface area contributed by atoms with Gasteiger partial charge in [0.2, 0.25) is 0 Å². The van der Waals surface area contributed by atoms with Gasteiger partial charge in [-0.1, -0.05) is 0 Å². The summed E-state index contributed by atoms with van der Waals surface area (Å²) < 4.78 is 0. The number of nitrogens with one attached hydrogen (secondary N) is 3. The van der Waals surface area contributed by atoms with Crippen molar-refractivity contribution in [3.63, 3.8) is 0 Å². The summed E-state index contributed by atoms with van der Waals surface area (Å²) in [7, 11) is 1.95. The van der Waals surface area contributed by atoms with Crippen molar-refractivity contribution in [2.24, 2.45) is 0 Å². The molecule has 5 nitrogen and oxygen atoms in total. The zero-order valence-electron chi connectivity index (χ0n) is 8.81. The molecule has 0 aromatic carbocycles. The highest BCUT2D eigenvalue weighted by Crippen LogP contribution is 1.82. The van der Waals surface area contributed by atoms with Gasteiger partial charge in [0.25, 0.3) is 0 Å². The summed E-state index contributed by atoms with van der Waals surface area (Å²) in [6, 6.07) is 0. The lowest BCUT2D eigenvalue weighted by Crippen LogP contribution is -2.31. The van der Waals surface area contributed by atoms with Crippen LogP contribution in [0.1, 0.15) is 19.3 Å². The molecule has 84 valence electrons. The van der Waals surface area contributed by atoms with E-state index >= 15 is 0 Å². The van der Waals surface area contributed by atoms with Gasteiger partial charge in [0.05, 0.1) is 6.42 Å². The maximum Gasteiger partial charge on any atom is 0.304 e. The van der Waals surface area contributed by atoms with Crippen molar-refractivity contribution < 1.29 is 9.90 Å². The highest BCUT2D eigenvalue weighted by atomic mass is 16.4. The molecule has 0 aliphatic heterocycles. The molecule has 0 fully saturated rings. The first-order valence-electron chi connectivity index (χ1n) is 5.05. The maximum absolute atomic E-state index is 10.1. The molecule has 0 heterocycles. The Balaban J connectivity index is 2.88. The Morgan fingerprint density at radius 2 is 1.79 bits per heavy atom. The third-order valence-corrected chi connectivity index (χ3v) is 1.80. The molecule has 5 heteroatoms. The summed E-state index contributed by atoms with van der Waals surface area (Å²) >= 11 is 0. The van der Waals surface area contributed by atoms with E-state index in [-0.39, 0.29) is 6.42 Å². The Kier molecular flexibility index (Phi) is 9.95. The highest BCUT2D eigenvalue weighted by Gasteiger charge is 1.94. The largest absolute Gasteiger partial charge is 0.481 e. The van der Waals surface area contributed by atoms with E-state index in [1.54, 1.807) is 0 Å². The minimum Gasteiger partial charge on any atom is -0.481 e. The first kappa shape index (κ1) is 13.4. The fraction of sp³-hybridized carbons (Fsp3) is 0.889.